The number of nitrogens with one attached hydrogen (secondary N) is 1. The van der Waals surface area contributed by atoms with E-state index in [0.717, 1.165) is 23.4 Å². The number of amides is 1. The van der Waals surface area contributed by atoms with Crippen LogP contribution in [0.25, 0.3) is 0 Å². The highest BCUT2D eigenvalue weighted by molar-refractivity contribution is 8.01. The van der Waals surface area contributed by atoms with Crippen LogP contribution in [0, 0.1) is 5.92 Å². The number of carbonyl (C=O) groups excluding carboxylic acids is 2. The first-order valence-electron chi connectivity index (χ1n) is 12.3. The summed E-state index contributed by atoms with van der Waals surface area (Å²) in [7, 11) is 3.86. The van der Waals surface area contributed by atoms with Crippen LogP contribution in [0.2, 0.25) is 0 Å². The molecule has 3 aromatic rings. The first kappa shape index (κ1) is 28.0. The van der Waals surface area contributed by atoms with E-state index in [4.69, 9.17) is 4.74 Å². The van der Waals surface area contributed by atoms with Gasteiger partial charge in [-0.1, -0.05) is 32.1 Å². The van der Waals surface area contributed by atoms with E-state index < -0.39 is 0 Å². The number of Topliss-reactive ketones (excluding diaryl/α,β-unsaturated/α-hetero) is 1. The van der Waals surface area contributed by atoms with Crippen LogP contribution in [-0.2, 0) is 6.54 Å². The molecule has 9 heteroatoms. The van der Waals surface area contributed by atoms with Crippen molar-refractivity contribution in [1.82, 2.24) is 14.8 Å². The predicted octanol–water partition coefficient (Wildman–Crippen LogP) is 5.52. The SMILES string of the molecule is CCCC(=O)c1ncn(Cc2ccc(NC(=O)c3ccc(OCC(C)/C=C\SC)c(N(C)C)c3)cc2)n1. The second-order valence-electron chi connectivity index (χ2n) is 9.02. The maximum atomic E-state index is 12.9. The van der Waals surface area contributed by atoms with Gasteiger partial charge in [-0.25, -0.2) is 9.67 Å². The fourth-order valence-corrected chi connectivity index (χ4v) is 3.97. The minimum Gasteiger partial charge on any atom is -0.491 e. The van der Waals surface area contributed by atoms with Crippen LogP contribution in [0.1, 0.15) is 53.2 Å². The van der Waals surface area contributed by atoms with Crippen molar-refractivity contribution in [3.05, 3.63) is 77.2 Å². The maximum absolute atomic E-state index is 12.9. The Bertz CT molecular complexity index is 1220. The number of nitrogens with zero attached hydrogens (tertiary/aromatic N) is 4. The van der Waals surface area contributed by atoms with Crippen molar-refractivity contribution < 1.29 is 14.3 Å². The zero-order valence-electron chi connectivity index (χ0n) is 22.1. The zero-order chi connectivity index (χ0) is 26.8. The zero-order valence-corrected chi connectivity index (χ0v) is 22.9. The smallest absolute Gasteiger partial charge is 0.255 e. The Morgan fingerprint density at radius 3 is 2.62 bits per heavy atom. The second kappa shape index (κ2) is 13.6. The molecule has 1 N–H and O–H groups in total. The Morgan fingerprint density at radius 2 is 1.95 bits per heavy atom. The summed E-state index contributed by atoms with van der Waals surface area (Å²) in [5, 5.41) is 9.28. The molecule has 1 unspecified atom stereocenters. The molecule has 8 nitrogen and oxygen atoms in total. The van der Waals surface area contributed by atoms with E-state index >= 15 is 0 Å². The van der Waals surface area contributed by atoms with Crippen molar-refractivity contribution in [3.8, 4) is 5.75 Å². The number of aromatic nitrogens is 3. The van der Waals surface area contributed by atoms with Gasteiger partial charge in [0.05, 0.1) is 18.8 Å². The number of ether oxygens (including phenoxy) is 1. The molecule has 0 aliphatic rings. The molecule has 2 aromatic carbocycles. The monoisotopic (exact) mass is 521 g/mol. The Labute approximate surface area is 223 Å². The summed E-state index contributed by atoms with van der Waals surface area (Å²) in [4.78, 5) is 30.9. The minimum absolute atomic E-state index is 0.0470. The van der Waals surface area contributed by atoms with Gasteiger partial charge in [0.15, 0.2) is 0 Å². The Hall–Kier alpha value is -3.59. The van der Waals surface area contributed by atoms with E-state index in [1.165, 1.54) is 0 Å². The molecule has 1 amide bonds. The van der Waals surface area contributed by atoms with Gasteiger partial charge in [0.2, 0.25) is 11.6 Å². The molecule has 1 heterocycles. The summed E-state index contributed by atoms with van der Waals surface area (Å²) in [6.07, 6.45) is 6.92. The molecule has 0 saturated heterocycles. The lowest BCUT2D eigenvalue weighted by atomic mass is 10.1. The standard InChI is InChI=1S/C28H35N5O3S/c1-6-7-25(34)27-29-19-33(31-27)17-21-8-11-23(12-9-21)30-28(35)22-10-13-26(24(16-22)32(3)4)36-18-20(2)14-15-37-5/h8-16,19-20H,6-7,17-18H2,1-5H3,(H,30,35)/b15-14-. The Morgan fingerprint density at radius 1 is 1.19 bits per heavy atom. The van der Waals surface area contributed by atoms with Crippen LogP contribution >= 0.6 is 11.8 Å². The quantitative estimate of drug-likeness (QED) is 0.296. The van der Waals surface area contributed by atoms with Gasteiger partial charge in [-0.3, -0.25) is 9.59 Å². The van der Waals surface area contributed by atoms with E-state index in [1.807, 2.05) is 68.6 Å². The van der Waals surface area contributed by atoms with Crippen LogP contribution in [0.15, 0.2) is 60.3 Å². The predicted molar refractivity (Wildman–Crippen MR) is 151 cm³/mol. The van der Waals surface area contributed by atoms with Crippen LogP contribution in [-0.4, -0.2) is 53.4 Å². The summed E-state index contributed by atoms with van der Waals surface area (Å²) >= 11 is 1.66. The molecule has 37 heavy (non-hydrogen) atoms. The lowest BCUT2D eigenvalue weighted by molar-refractivity contribution is 0.0970. The third-order valence-electron chi connectivity index (χ3n) is 5.57. The second-order valence-corrected chi connectivity index (χ2v) is 9.76. The van der Waals surface area contributed by atoms with Crippen molar-refractivity contribution in [2.24, 2.45) is 5.92 Å². The molecule has 0 fully saturated rings. The number of anilines is 2. The molecule has 0 aliphatic carbocycles. The lowest BCUT2D eigenvalue weighted by Gasteiger charge is -2.20. The normalized spacial score (nSPS) is 11.9. The van der Waals surface area contributed by atoms with Gasteiger partial charge in [0, 0.05) is 37.7 Å². The molecule has 196 valence electrons. The van der Waals surface area contributed by atoms with Gasteiger partial charge in [0.1, 0.15) is 12.1 Å². The molecule has 0 saturated carbocycles. The van der Waals surface area contributed by atoms with Crippen LogP contribution in [0.3, 0.4) is 0 Å². The summed E-state index contributed by atoms with van der Waals surface area (Å²) in [5.74, 6) is 1.02. The molecular formula is C28H35N5O3S. The lowest BCUT2D eigenvalue weighted by Crippen LogP contribution is -2.16. The molecule has 1 atom stereocenters. The maximum Gasteiger partial charge on any atom is 0.255 e. The third kappa shape index (κ3) is 8.21. The highest BCUT2D eigenvalue weighted by atomic mass is 32.2. The fourth-order valence-electron chi connectivity index (χ4n) is 3.54. The molecule has 1 aromatic heterocycles. The molecule has 0 radical (unpaired) electrons. The topological polar surface area (TPSA) is 89.3 Å². The largest absolute Gasteiger partial charge is 0.491 e. The third-order valence-corrected chi connectivity index (χ3v) is 6.00. The number of benzene rings is 2. The highest BCUT2D eigenvalue weighted by Crippen LogP contribution is 2.29. The van der Waals surface area contributed by atoms with Crippen LogP contribution < -0.4 is 15.0 Å². The van der Waals surface area contributed by atoms with Gasteiger partial charge in [0.25, 0.3) is 5.91 Å². The molecule has 0 bridgehead atoms. The van der Waals surface area contributed by atoms with Gasteiger partial charge in [-0.2, -0.15) is 0 Å². The molecular weight excluding hydrogens is 486 g/mol. The average Bonchev–Trinajstić information content (AvgIpc) is 3.36. The van der Waals surface area contributed by atoms with E-state index in [-0.39, 0.29) is 23.4 Å². The van der Waals surface area contributed by atoms with Crippen molar-refractivity contribution >= 4 is 34.8 Å². The van der Waals surface area contributed by atoms with Crippen molar-refractivity contribution in [1.29, 1.82) is 0 Å². The summed E-state index contributed by atoms with van der Waals surface area (Å²) < 4.78 is 7.68. The summed E-state index contributed by atoms with van der Waals surface area (Å²) in [6, 6.07) is 13.0. The summed E-state index contributed by atoms with van der Waals surface area (Å²) in [5.41, 5.74) is 3.05. The number of hydrogen-bond acceptors (Lipinski definition) is 7. The van der Waals surface area contributed by atoms with E-state index in [9.17, 15) is 9.59 Å². The number of ketones is 1. The number of carbonyl (C=O) groups is 2. The van der Waals surface area contributed by atoms with Crippen molar-refractivity contribution in [2.75, 3.05) is 37.2 Å². The van der Waals surface area contributed by atoms with E-state index in [0.29, 0.717) is 30.8 Å². The Balaban J connectivity index is 1.62. The number of thioether (sulfide) groups is 1. The molecule has 0 aliphatic heterocycles. The first-order valence-corrected chi connectivity index (χ1v) is 13.6. The average molecular weight is 522 g/mol. The van der Waals surface area contributed by atoms with E-state index in [1.54, 1.807) is 28.8 Å². The van der Waals surface area contributed by atoms with Crippen molar-refractivity contribution in [3.63, 3.8) is 0 Å². The van der Waals surface area contributed by atoms with E-state index in [2.05, 4.69) is 33.8 Å². The first-order chi connectivity index (χ1) is 17.8. The van der Waals surface area contributed by atoms with Crippen LogP contribution in [0.4, 0.5) is 11.4 Å². The van der Waals surface area contributed by atoms with Crippen molar-refractivity contribution in [2.45, 2.75) is 33.2 Å². The molecule has 0 spiro atoms. The minimum atomic E-state index is -0.200. The van der Waals surface area contributed by atoms with Gasteiger partial charge >= 0.3 is 0 Å². The Kier molecular flexibility index (Phi) is 10.3. The van der Waals surface area contributed by atoms with Crippen LogP contribution in [0.5, 0.6) is 5.75 Å². The van der Waals surface area contributed by atoms with Gasteiger partial charge in [-0.05, 0) is 54.0 Å². The highest BCUT2D eigenvalue weighted by Gasteiger charge is 2.14. The molecule has 3 rings (SSSR count). The van der Waals surface area contributed by atoms with Gasteiger partial charge < -0.3 is 15.0 Å². The van der Waals surface area contributed by atoms with Gasteiger partial charge in [-0.15, -0.1) is 16.9 Å². The summed E-state index contributed by atoms with van der Waals surface area (Å²) in [6.45, 7) is 5.10. The fraction of sp³-hybridized carbons (Fsp3) is 0.357. The number of rotatable bonds is 13. The number of hydrogen-bond donors (Lipinski definition) is 1.